The van der Waals surface area contributed by atoms with Crippen molar-refractivity contribution in [3.63, 3.8) is 0 Å². The number of carbonyl (C=O) groups is 1. The Morgan fingerprint density at radius 3 is 2.82 bits per heavy atom. The Balaban J connectivity index is 2.00. The van der Waals surface area contributed by atoms with Gasteiger partial charge in [0, 0.05) is 24.7 Å². The highest BCUT2D eigenvalue weighted by molar-refractivity contribution is 6.17. The highest BCUT2D eigenvalue weighted by Gasteiger charge is 2.27. The lowest BCUT2D eigenvalue weighted by Crippen LogP contribution is -2.34. The van der Waals surface area contributed by atoms with Crippen molar-refractivity contribution in [1.82, 2.24) is 9.88 Å². The molecule has 1 aliphatic rings. The monoisotopic (exact) mass is 316 g/mol. The van der Waals surface area contributed by atoms with Crippen LogP contribution in [0.3, 0.4) is 0 Å². The second-order valence-electron chi connectivity index (χ2n) is 5.35. The number of carbonyl (C=O) groups excluding carboxylic acids is 1. The molecule has 0 bridgehead atoms. The van der Waals surface area contributed by atoms with Crippen molar-refractivity contribution in [1.29, 1.82) is 0 Å². The molecule has 0 aliphatic carbocycles. The summed E-state index contributed by atoms with van der Waals surface area (Å²) >= 11 is 5.80. The summed E-state index contributed by atoms with van der Waals surface area (Å²) in [5.41, 5.74) is 2.43. The summed E-state index contributed by atoms with van der Waals surface area (Å²) in [4.78, 5) is 18.6. The average molecular weight is 317 g/mol. The van der Waals surface area contributed by atoms with E-state index < -0.39 is 0 Å². The standard InChI is InChI=1S/C17H17ClN2O2/c1-20-11-14(7-8-18)22-16-15(17(20)21)9-13(10-19-16)12-5-3-2-4-6-12/h2-6,9-10,14H,7-8,11H2,1H3. The molecule has 1 atom stereocenters. The third-order valence-corrected chi connectivity index (χ3v) is 3.94. The van der Waals surface area contributed by atoms with Crippen molar-refractivity contribution in [3.8, 4) is 17.0 Å². The molecule has 1 aliphatic heterocycles. The van der Waals surface area contributed by atoms with Gasteiger partial charge in [-0.05, 0) is 18.1 Å². The quantitative estimate of drug-likeness (QED) is 0.817. The minimum atomic E-state index is -0.122. The van der Waals surface area contributed by atoms with Gasteiger partial charge in [0.15, 0.2) is 0 Å². The molecule has 5 heteroatoms. The Hall–Kier alpha value is -2.07. The molecule has 22 heavy (non-hydrogen) atoms. The van der Waals surface area contributed by atoms with Crippen LogP contribution in [-0.2, 0) is 0 Å². The minimum Gasteiger partial charge on any atom is -0.472 e. The Morgan fingerprint density at radius 2 is 2.09 bits per heavy atom. The van der Waals surface area contributed by atoms with Gasteiger partial charge in [0.1, 0.15) is 11.7 Å². The molecule has 0 saturated carbocycles. The number of benzene rings is 1. The molecule has 3 rings (SSSR count). The maximum atomic E-state index is 12.5. The van der Waals surface area contributed by atoms with Crippen LogP contribution >= 0.6 is 11.6 Å². The van der Waals surface area contributed by atoms with Gasteiger partial charge in [-0.2, -0.15) is 0 Å². The van der Waals surface area contributed by atoms with Gasteiger partial charge >= 0.3 is 0 Å². The Labute approximate surface area is 134 Å². The molecular formula is C17H17ClN2O2. The first-order valence-corrected chi connectivity index (χ1v) is 7.76. The molecule has 2 heterocycles. The van der Waals surface area contributed by atoms with E-state index in [-0.39, 0.29) is 12.0 Å². The van der Waals surface area contributed by atoms with E-state index in [2.05, 4.69) is 4.98 Å². The lowest BCUT2D eigenvalue weighted by Gasteiger charge is -2.19. The van der Waals surface area contributed by atoms with Crippen molar-refractivity contribution >= 4 is 17.5 Å². The van der Waals surface area contributed by atoms with E-state index in [9.17, 15) is 4.79 Å². The van der Waals surface area contributed by atoms with Crippen LogP contribution in [0, 0.1) is 0 Å². The Bertz CT molecular complexity index is 676. The number of halogens is 1. The maximum Gasteiger partial charge on any atom is 0.259 e. The number of hydrogen-bond donors (Lipinski definition) is 0. The van der Waals surface area contributed by atoms with E-state index in [0.717, 1.165) is 11.1 Å². The third-order valence-electron chi connectivity index (χ3n) is 3.72. The molecule has 0 fully saturated rings. The number of nitrogens with zero attached hydrogens (tertiary/aromatic N) is 2. The molecule has 1 amide bonds. The molecule has 0 N–H and O–H groups in total. The summed E-state index contributed by atoms with van der Waals surface area (Å²) in [6.07, 6.45) is 2.30. The van der Waals surface area contributed by atoms with E-state index in [1.165, 1.54) is 0 Å². The summed E-state index contributed by atoms with van der Waals surface area (Å²) in [5, 5.41) is 0. The zero-order valence-electron chi connectivity index (χ0n) is 12.3. The molecule has 2 aromatic rings. The minimum absolute atomic E-state index is 0.0719. The van der Waals surface area contributed by atoms with Crippen LogP contribution in [0.4, 0.5) is 0 Å². The smallest absolute Gasteiger partial charge is 0.259 e. The number of fused-ring (bicyclic) bond motifs is 1. The molecule has 1 unspecified atom stereocenters. The molecule has 1 aromatic heterocycles. The molecule has 0 spiro atoms. The Morgan fingerprint density at radius 1 is 1.32 bits per heavy atom. The fourth-order valence-corrected chi connectivity index (χ4v) is 2.79. The fourth-order valence-electron chi connectivity index (χ4n) is 2.55. The van der Waals surface area contributed by atoms with Gasteiger partial charge < -0.3 is 9.64 Å². The van der Waals surface area contributed by atoms with Crippen LogP contribution in [-0.4, -0.2) is 41.4 Å². The van der Waals surface area contributed by atoms with Crippen LogP contribution in [0.5, 0.6) is 5.88 Å². The summed E-state index contributed by atoms with van der Waals surface area (Å²) < 4.78 is 5.87. The lowest BCUT2D eigenvalue weighted by molar-refractivity contribution is 0.0758. The fraction of sp³-hybridized carbons (Fsp3) is 0.294. The largest absolute Gasteiger partial charge is 0.472 e. The first-order chi connectivity index (χ1) is 10.7. The van der Waals surface area contributed by atoms with Crippen molar-refractivity contribution in [2.45, 2.75) is 12.5 Å². The van der Waals surface area contributed by atoms with Gasteiger partial charge in [0.25, 0.3) is 5.91 Å². The highest BCUT2D eigenvalue weighted by atomic mass is 35.5. The molecule has 0 radical (unpaired) electrons. The summed E-state index contributed by atoms with van der Waals surface area (Å²) in [5.74, 6) is 0.811. The molecule has 4 nitrogen and oxygen atoms in total. The Kier molecular flexibility index (Phi) is 4.29. The topological polar surface area (TPSA) is 42.4 Å². The van der Waals surface area contributed by atoms with Gasteiger partial charge in [-0.15, -0.1) is 11.6 Å². The highest BCUT2D eigenvalue weighted by Crippen LogP contribution is 2.28. The predicted octanol–water partition coefficient (Wildman–Crippen LogP) is 3.21. The zero-order chi connectivity index (χ0) is 15.5. The van der Waals surface area contributed by atoms with Crippen LogP contribution in [0.15, 0.2) is 42.6 Å². The lowest BCUT2D eigenvalue weighted by atomic mass is 10.1. The predicted molar refractivity (Wildman–Crippen MR) is 86.4 cm³/mol. The van der Waals surface area contributed by atoms with Crippen LogP contribution in [0.1, 0.15) is 16.8 Å². The van der Waals surface area contributed by atoms with Crippen LogP contribution < -0.4 is 4.74 Å². The molecule has 114 valence electrons. The van der Waals surface area contributed by atoms with E-state index in [1.54, 1.807) is 18.1 Å². The number of hydrogen-bond acceptors (Lipinski definition) is 3. The van der Waals surface area contributed by atoms with Crippen molar-refractivity contribution in [2.24, 2.45) is 0 Å². The van der Waals surface area contributed by atoms with E-state index in [1.807, 2.05) is 36.4 Å². The normalized spacial score (nSPS) is 17.6. The summed E-state index contributed by atoms with van der Waals surface area (Å²) in [7, 11) is 1.78. The molecule has 1 aromatic carbocycles. The van der Waals surface area contributed by atoms with E-state index >= 15 is 0 Å². The second kappa shape index (κ2) is 6.36. The first-order valence-electron chi connectivity index (χ1n) is 7.22. The number of amides is 1. The number of aromatic nitrogens is 1. The first kappa shape index (κ1) is 14.9. The summed E-state index contributed by atoms with van der Waals surface area (Å²) in [6, 6.07) is 11.7. The van der Waals surface area contributed by atoms with Crippen LogP contribution in [0.2, 0.25) is 0 Å². The maximum absolute atomic E-state index is 12.5. The van der Waals surface area contributed by atoms with Gasteiger partial charge in [0.2, 0.25) is 5.88 Å². The van der Waals surface area contributed by atoms with E-state index in [0.29, 0.717) is 30.3 Å². The third kappa shape index (κ3) is 2.92. The van der Waals surface area contributed by atoms with Gasteiger partial charge in [-0.3, -0.25) is 4.79 Å². The van der Waals surface area contributed by atoms with Gasteiger partial charge in [0.05, 0.1) is 6.54 Å². The number of rotatable bonds is 3. The van der Waals surface area contributed by atoms with Crippen molar-refractivity contribution in [3.05, 3.63) is 48.2 Å². The van der Waals surface area contributed by atoms with Gasteiger partial charge in [-0.1, -0.05) is 30.3 Å². The number of likely N-dealkylation sites (N-methyl/N-ethyl adjacent to an activating group) is 1. The van der Waals surface area contributed by atoms with E-state index in [4.69, 9.17) is 16.3 Å². The second-order valence-corrected chi connectivity index (χ2v) is 5.72. The zero-order valence-corrected chi connectivity index (χ0v) is 13.1. The summed E-state index contributed by atoms with van der Waals surface area (Å²) in [6.45, 7) is 0.516. The van der Waals surface area contributed by atoms with Gasteiger partial charge in [-0.25, -0.2) is 4.98 Å². The molecule has 0 saturated heterocycles. The SMILES string of the molecule is CN1CC(CCCl)Oc2ncc(-c3ccccc3)cc2C1=O. The number of alkyl halides is 1. The van der Waals surface area contributed by atoms with Crippen molar-refractivity contribution in [2.75, 3.05) is 19.5 Å². The number of ether oxygens (including phenoxy) is 1. The average Bonchev–Trinajstić information content (AvgIpc) is 2.66. The molecular weight excluding hydrogens is 300 g/mol. The van der Waals surface area contributed by atoms with Crippen molar-refractivity contribution < 1.29 is 9.53 Å². The van der Waals surface area contributed by atoms with Crippen LogP contribution in [0.25, 0.3) is 11.1 Å². The number of pyridine rings is 1.